The van der Waals surface area contributed by atoms with Crippen LogP contribution in [0.2, 0.25) is 0 Å². The summed E-state index contributed by atoms with van der Waals surface area (Å²) in [6, 6.07) is 5.99. The Balaban J connectivity index is 1.60. The van der Waals surface area contributed by atoms with Crippen molar-refractivity contribution < 1.29 is 27.9 Å². The van der Waals surface area contributed by atoms with Crippen molar-refractivity contribution in [3.05, 3.63) is 46.1 Å². The number of hydrogen-bond acceptors (Lipinski definition) is 9. The Labute approximate surface area is 200 Å². The van der Waals surface area contributed by atoms with Crippen LogP contribution in [0.5, 0.6) is 5.75 Å². The molecule has 0 bridgehead atoms. The van der Waals surface area contributed by atoms with Crippen LogP contribution in [-0.2, 0) is 6.54 Å². The number of aliphatic hydroxyl groups is 1. The molecular formula is C22H29F3N6O4. The minimum atomic E-state index is -4.83. The topological polar surface area (TPSA) is 134 Å². The Bertz CT molecular complexity index is 984. The number of ether oxygens (including phenoxy) is 1. The van der Waals surface area contributed by atoms with Gasteiger partial charge in [0.1, 0.15) is 11.9 Å². The zero-order valence-corrected chi connectivity index (χ0v) is 19.2. The van der Waals surface area contributed by atoms with Gasteiger partial charge in [-0.2, -0.15) is 4.98 Å². The number of nitro groups is 1. The van der Waals surface area contributed by atoms with E-state index in [1.807, 2.05) is 0 Å². The number of aliphatic hydroxyl groups excluding tert-OH is 1. The zero-order chi connectivity index (χ0) is 25.4. The number of hydrogen-bond donors (Lipinski definition) is 4. The minimum absolute atomic E-state index is 0.0333. The summed E-state index contributed by atoms with van der Waals surface area (Å²) in [5.41, 5.74) is -0.0640. The second kappa shape index (κ2) is 12.0. The molecule has 0 spiro atoms. The van der Waals surface area contributed by atoms with Crippen molar-refractivity contribution in [1.82, 2.24) is 15.3 Å². The van der Waals surface area contributed by atoms with E-state index in [0.717, 1.165) is 31.9 Å². The number of alkyl halides is 3. The molecule has 2 aromatic rings. The molecule has 0 saturated heterocycles. The summed E-state index contributed by atoms with van der Waals surface area (Å²) < 4.78 is 41.9. The molecule has 1 aromatic carbocycles. The van der Waals surface area contributed by atoms with Gasteiger partial charge in [-0.25, -0.2) is 4.98 Å². The van der Waals surface area contributed by atoms with E-state index >= 15 is 0 Å². The van der Waals surface area contributed by atoms with Gasteiger partial charge in [0.05, 0.1) is 11.0 Å². The van der Waals surface area contributed by atoms with Crippen LogP contribution in [0.4, 0.5) is 30.6 Å². The Hall–Kier alpha value is -3.19. The molecule has 1 heterocycles. The van der Waals surface area contributed by atoms with Crippen LogP contribution in [-0.4, -0.2) is 51.6 Å². The van der Waals surface area contributed by atoms with Crippen molar-refractivity contribution in [3.63, 3.8) is 0 Å². The van der Waals surface area contributed by atoms with Gasteiger partial charge >= 0.3 is 12.0 Å². The monoisotopic (exact) mass is 498 g/mol. The molecule has 0 aliphatic heterocycles. The number of nitrogens with one attached hydrogen (secondary N) is 3. The zero-order valence-electron chi connectivity index (χ0n) is 19.2. The van der Waals surface area contributed by atoms with Gasteiger partial charge < -0.3 is 25.8 Å². The molecule has 1 aliphatic carbocycles. The van der Waals surface area contributed by atoms with Gasteiger partial charge in [-0.1, -0.05) is 18.2 Å². The lowest BCUT2D eigenvalue weighted by Crippen LogP contribution is -2.38. The second-order valence-electron chi connectivity index (χ2n) is 8.55. The number of aromatic nitrogens is 2. The lowest BCUT2D eigenvalue weighted by molar-refractivity contribution is -0.384. The maximum atomic E-state index is 12.6. The third kappa shape index (κ3) is 8.51. The third-order valence-corrected chi connectivity index (χ3v) is 5.71. The Morgan fingerprint density at radius 2 is 1.94 bits per heavy atom. The number of para-hydroxylation sites is 1. The highest BCUT2D eigenvalue weighted by molar-refractivity contribution is 5.57. The van der Waals surface area contributed by atoms with Crippen LogP contribution in [0.1, 0.15) is 38.2 Å². The fraction of sp³-hybridized carbons (Fsp3) is 0.545. The Morgan fingerprint density at radius 3 is 2.60 bits per heavy atom. The second-order valence-corrected chi connectivity index (χ2v) is 8.55. The van der Waals surface area contributed by atoms with Gasteiger partial charge in [0.25, 0.3) is 0 Å². The van der Waals surface area contributed by atoms with Crippen LogP contribution >= 0.6 is 0 Å². The summed E-state index contributed by atoms with van der Waals surface area (Å²) in [6.45, 7) is 2.69. The van der Waals surface area contributed by atoms with E-state index in [1.165, 1.54) is 18.2 Å². The van der Waals surface area contributed by atoms with E-state index in [4.69, 9.17) is 0 Å². The molecule has 4 N–H and O–H groups in total. The van der Waals surface area contributed by atoms with E-state index in [-0.39, 0.29) is 35.3 Å². The summed E-state index contributed by atoms with van der Waals surface area (Å²) in [5.74, 6) is 0.0240. The highest BCUT2D eigenvalue weighted by atomic mass is 19.4. The molecule has 1 saturated carbocycles. The van der Waals surface area contributed by atoms with Crippen LogP contribution < -0.4 is 20.7 Å². The molecule has 1 aromatic heterocycles. The van der Waals surface area contributed by atoms with Gasteiger partial charge in [0.15, 0.2) is 0 Å². The molecule has 1 atom stereocenters. The quantitative estimate of drug-likeness (QED) is 0.269. The first-order chi connectivity index (χ1) is 16.6. The summed E-state index contributed by atoms with van der Waals surface area (Å²) in [6.07, 6.45) is -0.444. The molecule has 0 unspecified atom stereocenters. The molecule has 0 radical (unpaired) electrons. The number of benzene rings is 1. The van der Waals surface area contributed by atoms with Gasteiger partial charge in [0, 0.05) is 31.2 Å². The first-order valence-electron chi connectivity index (χ1n) is 11.3. The normalized spacial score (nSPS) is 19.1. The average molecular weight is 499 g/mol. The van der Waals surface area contributed by atoms with Crippen LogP contribution in [0.25, 0.3) is 0 Å². The molecule has 3 rings (SSSR count). The maximum absolute atomic E-state index is 12.6. The van der Waals surface area contributed by atoms with E-state index in [2.05, 4.69) is 30.7 Å². The van der Waals surface area contributed by atoms with Crippen LogP contribution in [0, 0.1) is 16.0 Å². The number of anilines is 2. The van der Waals surface area contributed by atoms with Crippen molar-refractivity contribution in [2.75, 3.05) is 23.7 Å². The van der Waals surface area contributed by atoms with Crippen molar-refractivity contribution in [2.45, 2.75) is 57.7 Å². The first kappa shape index (κ1) is 26.4. The molecule has 10 nitrogen and oxygen atoms in total. The third-order valence-electron chi connectivity index (χ3n) is 5.71. The maximum Gasteiger partial charge on any atom is 0.573 e. The van der Waals surface area contributed by atoms with Gasteiger partial charge in [-0.15, -0.1) is 13.2 Å². The summed E-state index contributed by atoms with van der Waals surface area (Å²) in [7, 11) is 0. The Morgan fingerprint density at radius 1 is 1.23 bits per heavy atom. The van der Waals surface area contributed by atoms with Crippen molar-refractivity contribution >= 4 is 17.5 Å². The number of nitrogens with zero attached hydrogens (tertiary/aromatic N) is 3. The standard InChI is InChI=1S/C22H29F3N6O4/c1-14(32)10-26-17-8-6-15(7-9-17)11-27-20-18(31(33)34)13-29-21(30-20)28-12-16-4-2-3-5-19(16)35-22(23,24)25/h2-5,13-15,17,26,32H,6-12H2,1H3,(H2,27,28,29,30)/t14-,15?,17?/m1/s1. The van der Waals surface area contributed by atoms with E-state index < -0.39 is 17.4 Å². The van der Waals surface area contributed by atoms with Crippen molar-refractivity contribution in [3.8, 4) is 5.75 Å². The summed E-state index contributed by atoms with van der Waals surface area (Å²) in [5, 5.41) is 30.0. The smallest absolute Gasteiger partial charge is 0.405 e. The van der Waals surface area contributed by atoms with Crippen molar-refractivity contribution in [1.29, 1.82) is 0 Å². The molecule has 0 amide bonds. The molecule has 35 heavy (non-hydrogen) atoms. The van der Waals surface area contributed by atoms with Crippen LogP contribution in [0.3, 0.4) is 0 Å². The molecule has 13 heteroatoms. The predicted molar refractivity (Wildman–Crippen MR) is 123 cm³/mol. The van der Waals surface area contributed by atoms with Crippen LogP contribution in [0.15, 0.2) is 30.5 Å². The van der Waals surface area contributed by atoms with E-state index in [0.29, 0.717) is 25.0 Å². The minimum Gasteiger partial charge on any atom is -0.405 e. The highest BCUT2D eigenvalue weighted by Crippen LogP contribution is 2.29. The summed E-state index contributed by atoms with van der Waals surface area (Å²) >= 11 is 0. The molecule has 192 valence electrons. The first-order valence-corrected chi connectivity index (χ1v) is 11.3. The SMILES string of the molecule is C[C@@H](O)CNC1CCC(CNc2nc(NCc3ccccc3OC(F)(F)F)ncc2[N+](=O)[O-])CC1. The van der Waals surface area contributed by atoms with E-state index in [1.54, 1.807) is 13.0 Å². The average Bonchev–Trinajstić information content (AvgIpc) is 2.80. The predicted octanol–water partition coefficient (Wildman–Crippen LogP) is 3.84. The number of halogens is 3. The Kier molecular flexibility index (Phi) is 9.04. The fourth-order valence-electron chi connectivity index (χ4n) is 3.92. The molecule has 1 fully saturated rings. The van der Waals surface area contributed by atoms with E-state index in [9.17, 15) is 28.4 Å². The lowest BCUT2D eigenvalue weighted by atomic mass is 9.86. The largest absolute Gasteiger partial charge is 0.573 e. The molecular weight excluding hydrogens is 469 g/mol. The van der Waals surface area contributed by atoms with Gasteiger partial charge in [-0.05, 0) is 44.6 Å². The fourth-order valence-corrected chi connectivity index (χ4v) is 3.92. The van der Waals surface area contributed by atoms with Gasteiger partial charge in [-0.3, -0.25) is 10.1 Å². The summed E-state index contributed by atoms with van der Waals surface area (Å²) in [4.78, 5) is 18.9. The van der Waals surface area contributed by atoms with Gasteiger partial charge in [0.2, 0.25) is 11.8 Å². The van der Waals surface area contributed by atoms with Crippen molar-refractivity contribution in [2.24, 2.45) is 5.92 Å². The lowest BCUT2D eigenvalue weighted by Gasteiger charge is -2.29. The highest BCUT2D eigenvalue weighted by Gasteiger charge is 2.32. The molecule has 1 aliphatic rings. The number of rotatable bonds is 11.